The van der Waals surface area contributed by atoms with Crippen LogP contribution < -0.4 is 5.56 Å². The molecule has 30 heavy (non-hydrogen) atoms. The van der Waals surface area contributed by atoms with Crippen molar-refractivity contribution in [2.45, 2.75) is 51.9 Å². The van der Waals surface area contributed by atoms with Gasteiger partial charge in [-0.3, -0.25) is 4.79 Å². The number of phenols is 1. The molecule has 0 saturated carbocycles. The summed E-state index contributed by atoms with van der Waals surface area (Å²) in [5.41, 5.74) is 2.22. The van der Waals surface area contributed by atoms with Crippen molar-refractivity contribution < 1.29 is 19.7 Å². The van der Waals surface area contributed by atoms with E-state index in [1.807, 2.05) is 6.07 Å². The lowest BCUT2D eigenvalue weighted by atomic mass is 9.86. The normalized spacial score (nSPS) is 19.4. The van der Waals surface area contributed by atoms with Gasteiger partial charge in [0.2, 0.25) is 0 Å². The zero-order valence-corrected chi connectivity index (χ0v) is 16.9. The van der Waals surface area contributed by atoms with E-state index < -0.39 is 11.6 Å². The molecule has 2 aliphatic rings. The van der Waals surface area contributed by atoms with Crippen LogP contribution in [0.2, 0.25) is 0 Å². The number of rotatable bonds is 3. The highest BCUT2D eigenvalue weighted by Crippen LogP contribution is 2.39. The third kappa shape index (κ3) is 2.38. The number of fused-ring (bicyclic) bond motifs is 5. The number of carbonyl (C=O) groups excluding carboxylic acids is 1. The molecule has 7 nitrogen and oxygen atoms in total. The molecular weight excluding hydrogens is 384 g/mol. The summed E-state index contributed by atoms with van der Waals surface area (Å²) in [5, 5.41) is 22.1. The van der Waals surface area contributed by atoms with Gasteiger partial charge in [-0.2, -0.15) is 0 Å². The lowest BCUT2D eigenvalue weighted by molar-refractivity contribution is -0.172. The van der Waals surface area contributed by atoms with Gasteiger partial charge < -0.3 is 19.5 Å². The highest BCUT2D eigenvalue weighted by atomic mass is 16.6. The lowest BCUT2D eigenvalue weighted by Gasteiger charge is -2.31. The summed E-state index contributed by atoms with van der Waals surface area (Å²) < 4.78 is 6.72. The van der Waals surface area contributed by atoms with Crippen molar-refractivity contribution in [3.8, 4) is 17.1 Å². The number of aryl methyl sites for hydroxylation is 1. The molecule has 2 aromatic heterocycles. The Bertz CT molecular complexity index is 1290. The second-order valence-electron chi connectivity index (χ2n) is 7.98. The number of hydrogen-bond acceptors (Lipinski definition) is 6. The molecule has 0 bridgehead atoms. The Morgan fingerprint density at radius 3 is 2.77 bits per heavy atom. The van der Waals surface area contributed by atoms with Crippen LogP contribution in [0.15, 0.2) is 29.1 Å². The van der Waals surface area contributed by atoms with Gasteiger partial charge in [-0.05, 0) is 37.1 Å². The van der Waals surface area contributed by atoms with E-state index in [2.05, 4.69) is 6.92 Å². The summed E-state index contributed by atoms with van der Waals surface area (Å²) in [5.74, 6) is -0.482. The van der Waals surface area contributed by atoms with E-state index >= 15 is 0 Å². The van der Waals surface area contributed by atoms with E-state index in [0.717, 1.165) is 34.9 Å². The number of benzene rings is 1. The molecule has 0 amide bonds. The fourth-order valence-electron chi connectivity index (χ4n) is 4.61. The monoisotopic (exact) mass is 406 g/mol. The molecule has 2 N–H and O–H groups in total. The molecule has 0 spiro atoms. The van der Waals surface area contributed by atoms with E-state index in [4.69, 9.17) is 9.72 Å². The van der Waals surface area contributed by atoms with Crippen LogP contribution in [0.3, 0.4) is 0 Å². The van der Waals surface area contributed by atoms with Crippen molar-refractivity contribution in [1.29, 1.82) is 0 Å². The van der Waals surface area contributed by atoms with Gasteiger partial charge in [0, 0.05) is 22.1 Å². The van der Waals surface area contributed by atoms with Gasteiger partial charge in [-0.25, -0.2) is 9.78 Å². The predicted octanol–water partition coefficient (Wildman–Crippen LogP) is 2.74. The van der Waals surface area contributed by atoms with Crippen LogP contribution in [0.5, 0.6) is 5.75 Å². The lowest BCUT2D eigenvalue weighted by Crippen LogP contribution is -2.44. The van der Waals surface area contributed by atoms with Crippen LogP contribution in [-0.4, -0.2) is 25.7 Å². The quantitative estimate of drug-likeness (QED) is 0.507. The highest BCUT2D eigenvalue weighted by molar-refractivity contribution is 5.89. The molecule has 1 atom stereocenters. The van der Waals surface area contributed by atoms with Crippen molar-refractivity contribution >= 4 is 16.9 Å². The summed E-state index contributed by atoms with van der Waals surface area (Å²) in [6, 6.07) is 7.11. The minimum absolute atomic E-state index is 0.111. The average molecular weight is 406 g/mol. The number of aromatic hydroxyl groups is 1. The molecule has 0 saturated heterocycles. The van der Waals surface area contributed by atoms with Crippen molar-refractivity contribution in [2.24, 2.45) is 0 Å². The molecule has 1 aromatic carbocycles. The number of phenolic OH excluding ortho intramolecular Hbond substituents is 1. The zero-order valence-electron chi connectivity index (χ0n) is 16.9. The third-order valence-corrected chi connectivity index (χ3v) is 6.28. The third-order valence-electron chi connectivity index (χ3n) is 6.28. The van der Waals surface area contributed by atoms with E-state index in [-0.39, 0.29) is 24.3 Å². The number of cyclic esters (lactones) is 1. The number of aliphatic hydroxyl groups is 1. The van der Waals surface area contributed by atoms with Crippen LogP contribution in [0.25, 0.3) is 22.3 Å². The molecule has 154 valence electrons. The molecule has 0 fully saturated rings. The maximum Gasteiger partial charge on any atom is 0.343 e. The summed E-state index contributed by atoms with van der Waals surface area (Å²) in [6.07, 6.45) is 1.73. The first-order valence-electron chi connectivity index (χ1n) is 10.2. The number of esters is 1. The minimum Gasteiger partial charge on any atom is -0.508 e. The summed E-state index contributed by atoms with van der Waals surface area (Å²) in [7, 11) is 0. The van der Waals surface area contributed by atoms with E-state index in [9.17, 15) is 19.8 Å². The molecule has 4 heterocycles. The molecule has 0 unspecified atom stereocenters. The first-order valence-corrected chi connectivity index (χ1v) is 10.2. The van der Waals surface area contributed by atoms with Crippen LogP contribution in [0.1, 0.15) is 48.9 Å². The average Bonchev–Trinajstić information content (AvgIpc) is 3.10. The first-order chi connectivity index (χ1) is 14.4. The Morgan fingerprint density at radius 2 is 2.03 bits per heavy atom. The van der Waals surface area contributed by atoms with Gasteiger partial charge in [0.1, 0.15) is 12.4 Å². The fourth-order valence-corrected chi connectivity index (χ4v) is 4.61. The Kier molecular flexibility index (Phi) is 4.02. The number of aromatic nitrogens is 2. The highest BCUT2D eigenvalue weighted by Gasteiger charge is 2.45. The van der Waals surface area contributed by atoms with Crippen molar-refractivity contribution in [1.82, 2.24) is 9.55 Å². The molecule has 7 heteroatoms. The molecule has 5 rings (SSSR count). The fraction of sp³-hybridized carbons (Fsp3) is 0.348. The smallest absolute Gasteiger partial charge is 0.343 e. The summed E-state index contributed by atoms with van der Waals surface area (Å²) in [4.78, 5) is 30.2. The Labute approximate surface area is 172 Å². The van der Waals surface area contributed by atoms with E-state index in [0.29, 0.717) is 29.1 Å². The number of nitrogens with zero attached hydrogens (tertiary/aromatic N) is 2. The zero-order chi connectivity index (χ0) is 21.2. The van der Waals surface area contributed by atoms with E-state index in [1.54, 1.807) is 29.7 Å². The number of ether oxygens (including phenoxy) is 1. The SMILES string of the molecule is CCCc1c(O)ccc2nc3c(cc12)Cn1c-3cc2c(c1=O)COC(=O)[C@]2(O)CC. The molecule has 0 aliphatic carbocycles. The topological polar surface area (TPSA) is 102 Å². The molecule has 3 aromatic rings. The summed E-state index contributed by atoms with van der Waals surface area (Å²) >= 11 is 0. The van der Waals surface area contributed by atoms with Crippen LogP contribution >= 0.6 is 0 Å². The van der Waals surface area contributed by atoms with Gasteiger partial charge >= 0.3 is 5.97 Å². The second-order valence-corrected chi connectivity index (χ2v) is 7.98. The number of pyridine rings is 2. The molecule has 0 radical (unpaired) electrons. The number of hydrogen-bond donors (Lipinski definition) is 2. The second kappa shape index (κ2) is 6.40. The maximum absolute atomic E-state index is 13.2. The van der Waals surface area contributed by atoms with Gasteiger partial charge in [0.15, 0.2) is 5.60 Å². The van der Waals surface area contributed by atoms with Crippen molar-refractivity contribution in [2.75, 3.05) is 0 Å². The maximum atomic E-state index is 13.2. The van der Waals surface area contributed by atoms with Crippen molar-refractivity contribution in [3.05, 3.63) is 56.9 Å². The Hall–Kier alpha value is -3.19. The number of carbonyl (C=O) groups is 1. The molecular formula is C23H22N2O5. The standard InChI is InChI=1S/C23H22N2O5/c1-3-5-13-14-8-12-10-25-18(20(12)24-17(14)6-7-19(13)26)9-16-15(21(25)27)11-30-22(28)23(16,29)4-2/h6-9,26,29H,3-5,10-11H2,1-2H3/t23-/m0/s1. The Balaban J connectivity index is 1.77. The largest absolute Gasteiger partial charge is 0.508 e. The van der Waals surface area contributed by atoms with Crippen molar-refractivity contribution in [3.63, 3.8) is 0 Å². The van der Waals surface area contributed by atoms with Crippen LogP contribution in [-0.2, 0) is 34.7 Å². The first kappa shape index (κ1) is 18.8. The van der Waals surface area contributed by atoms with Crippen LogP contribution in [0, 0.1) is 0 Å². The van der Waals surface area contributed by atoms with E-state index in [1.165, 1.54) is 0 Å². The predicted molar refractivity (Wildman–Crippen MR) is 110 cm³/mol. The van der Waals surface area contributed by atoms with Crippen LogP contribution in [0.4, 0.5) is 0 Å². The van der Waals surface area contributed by atoms with Gasteiger partial charge in [-0.15, -0.1) is 0 Å². The Morgan fingerprint density at radius 1 is 1.23 bits per heavy atom. The van der Waals surface area contributed by atoms with Gasteiger partial charge in [-0.1, -0.05) is 20.3 Å². The summed E-state index contributed by atoms with van der Waals surface area (Å²) in [6.45, 7) is 3.94. The van der Waals surface area contributed by atoms with Gasteiger partial charge in [0.25, 0.3) is 5.56 Å². The van der Waals surface area contributed by atoms with Gasteiger partial charge in [0.05, 0.1) is 29.0 Å². The molecule has 2 aliphatic heterocycles. The minimum atomic E-state index is -1.83.